The first-order valence-corrected chi connectivity index (χ1v) is 8.45. The van der Waals surface area contributed by atoms with E-state index in [1.807, 2.05) is 0 Å². The number of benzene rings is 1. The number of rotatable bonds is 3. The Kier molecular flexibility index (Phi) is 4.46. The number of nitrogens with two attached hydrogens (primary N) is 1. The number of nitrogens with one attached hydrogen (secondary N) is 1. The highest BCUT2D eigenvalue weighted by Gasteiger charge is 2.23. The quantitative estimate of drug-likeness (QED) is 0.858. The molecule has 1 aliphatic carbocycles. The Morgan fingerprint density at radius 1 is 1.35 bits per heavy atom. The minimum Gasteiger partial charge on any atom is -0.349 e. The number of carbonyl (C=O) groups is 1. The summed E-state index contributed by atoms with van der Waals surface area (Å²) in [5, 5.41) is 7.73. The van der Waals surface area contributed by atoms with Crippen LogP contribution in [0.4, 0.5) is 4.39 Å². The zero-order valence-electron chi connectivity index (χ0n) is 10.5. The van der Waals surface area contributed by atoms with Gasteiger partial charge in [0.1, 0.15) is 10.7 Å². The van der Waals surface area contributed by atoms with Crippen LogP contribution in [0.2, 0.25) is 0 Å². The third-order valence-corrected chi connectivity index (χ3v) is 4.85. The van der Waals surface area contributed by atoms with Crippen LogP contribution in [-0.2, 0) is 10.0 Å². The molecule has 0 unspecified atom stereocenters. The molecule has 110 valence electrons. The number of primary sulfonamides is 1. The average Bonchev–Trinajstić information content (AvgIpc) is 2.79. The Bertz CT molecular complexity index is 642. The number of halogens is 2. The molecule has 0 spiro atoms. The van der Waals surface area contributed by atoms with Gasteiger partial charge in [-0.15, -0.1) is 0 Å². The summed E-state index contributed by atoms with van der Waals surface area (Å²) in [6.07, 6.45) is 3.90. The predicted octanol–water partition coefficient (Wildman–Crippen LogP) is 1.91. The van der Waals surface area contributed by atoms with E-state index in [1.54, 1.807) is 0 Å². The summed E-state index contributed by atoms with van der Waals surface area (Å²) in [7, 11) is -4.21. The van der Waals surface area contributed by atoms with Crippen molar-refractivity contribution in [3.05, 3.63) is 28.0 Å². The summed E-state index contributed by atoms with van der Waals surface area (Å²) in [6, 6.07) is 1.97. The summed E-state index contributed by atoms with van der Waals surface area (Å²) in [5.41, 5.74) is 0.0577. The number of sulfonamides is 1. The molecule has 0 radical (unpaired) electrons. The van der Waals surface area contributed by atoms with Gasteiger partial charge in [0.05, 0.1) is 5.56 Å². The van der Waals surface area contributed by atoms with Gasteiger partial charge in [-0.1, -0.05) is 12.8 Å². The van der Waals surface area contributed by atoms with Gasteiger partial charge in [-0.25, -0.2) is 17.9 Å². The lowest BCUT2D eigenvalue weighted by molar-refractivity contribution is 0.0937. The van der Waals surface area contributed by atoms with Gasteiger partial charge in [-0.05, 0) is 40.9 Å². The maximum atomic E-state index is 13.6. The smallest absolute Gasteiger partial charge is 0.252 e. The van der Waals surface area contributed by atoms with Gasteiger partial charge in [0.2, 0.25) is 10.0 Å². The molecule has 1 saturated carbocycles. The Balaban J connectivity index is 2.33. The summed E-state index contributed by atoms with van der Waals surface area (Å²) in [5.74, 6) is -1.43. The fourth-order valence-corrected chi connectivity index (χ4v) is 3.36. The predicted molar refractivity (Wildman–Crippen MR) is 75.2 cm³/mol. The summed E-state index contributed by atoms with van der Waals surface area (Å²) in [4.78, 5) is 11.4. The van der Waals surface area contributed by atoms with Crippen LogP contribution < -0.4 is 10.5 Å². The van der Waals surface area contributed by atoms with Crippen molar-refractivity contribution in [2.75, 3.05) is 0 Å². The van der Waals surface area contributed by atoms with E-state index < -0.39 is 26.6 Å². The molecule has 3 N–H and O–H groups in total. The van der Waals surface area contributed by atoms with Crippen LogP contribution in [-0.4, -0.2) is 20.4 Å². The van der Waals surface area contributed by atoms with E-state index in [2.05, 4.69) is 21.2 Å². The molecule has 2 rings (SSSR count). The van der Waals surface area contributed by atoms with Crippen LogP contribution in [0.15, 0.2) is 21.5 Å². The Morgan fingerprint density at radius 3 is 2.50 bits per heavy atom. The lowest BCUT2D eigenvalue weighted by Gasteiger charge is -2.13. The first kappa shape index (κ1) is 15.4. The maximum absolute atomic E-state index is 13.6. The van der Waals surface area contributed by atoms with Crippen LogP contribution in [0.25, 0.3) is 0 Å². The maximum Gasteiger partial charge on any atom is 0.252 e. The van der Waals surface area contributed by atoms with E-state index >= 15 is 0 Å². The molecule has 0 aromatic heterocycles. The van der Waals surface area contributed by atoms with E-state index in [4.69, 9.17) is 5.14 Å². The molecular formula is C12H14BrFN2O3S. The van der Waals surface area contributed by atoms with Gasteiger partial charge in [0.25, 0.3) is 5.91 Å². The number of hydrogen-bond donors (Lipinski definition) is 2. The number of carbonyl (C=O) groups excluding carboxylic acids is 1. The van der Waals surface area contributed by atoms with Crippen LogP contribution in [0, 0.1) is 5.82 Å². The molecule has 5 nitrogen and oxygen atoms in total. The first-order chi connectivity index (χ1) is 9.29. The third-order valence-electron chi connectivity index (χ3n) is 3.26. The Hall–Kier alpha value is -0.990. The normalized spacial score (nSPS) is 16.4. The van der Waals surface area contributed by atoms with Crippen molar-refractivity contribution in [2.24, 2.45) is 5.14 Å². The van der Waals surface area contributed by atoms with Crippen molar-refractivity contribution < 1.29 is 17.6 Å². The fourth-order valence-electron chi connectivity index (χ4n) is 2.25. The van der Waals surface area contributed by atoms with Gasteiger partial charge >= 0.3 is 0 Å². The highest BCUT2D eigenvalue weighted by atomic mass is 79.9. The highest BCUT2D eigenvalue weighted by Crippen LogP contribution is 2.25. The molecule has 1 aliphatic rings. The molecule has 1 aromatic rings. The van der Waals surface area contributed by atoms with Crippen molar-refractivity contribution in [1.29, 1.82) is 0 Å². The largest absolute Gasteiger partial charge is 0.349 e. The molecule has 1 amide bonds. The highest BCUT2D eigenvalue weighted by molar-refractivity contribution is 9.10. The second kappa shape index (κ2) is 5.79. The third kappa shape index (κ3) is 3.36. The molecule has 0 saturated heterocycles. The van der Waals surface area contributed by atoms with Gasteiger partial charge < -0.3 is 5.32 Å². The molecule has 0 atom stereocenters. The molecule has 20 heavy (non-hydrogen) atoms. The lowest BCUT2D eigenvalue weighted by atomic mass is 10.2. The second-order valence-electron chi connectivity index (χ2n) is 4.76. The topological polar surface area (TPSA) is 89.3 Å². The van der Waals surface area contributed by atoms with Crippen molar-refractivity contribution in [3.63, 3.8) is 0 Å². The molecule has 1 fully saturated rings. The van der Waals surface area contributed by atoms with Crippen LogP contribution in [0.3, 0.4) is 0 Å². The van der Waals surface area contributed by atoms with Crippen molar-refractivity contribution in [1.82, 2.24) is 5.32 Å². The first-order valence-electron chi connectivity index (χ1n) is 6.12. The summed E-state index contributed by atoms with van der Waals surface area (Å²) < 4.78 is 36.3. The van der Waals surface area contributed by atoms with Crippen molar-refractivity contribution in [2.45, 2.75) is 36.6 Å². The molecule has 0 heterocycles. The van der Waals surface area contributed by atoms with Gasteiger partial charge in [-0.2, -0.15) is 0 Å². The zero-order valence-corrected chi connectivity index (χ0v) is 12.9. The Labute approximate surface area is 124 Å². The molecule has 0 aliphatic heterocycles. The van der Waals surface area contributed by atoms with Crippen molar-refractivity contribution >= 4 is 31.9 Å². The van der Waals surface area contributed by atoms with E-state index in [1.165, 1.54) is 0 Å². The molecular weight excluding hydrogens is 351 g/mol. The fraction of sp³-hybridized carbons (Fsp3) is 0.417. The number of amides is 1. The van der Waals surface area contributed by atoms with Crippen molar-refractivity contribution in [3.8, 4) is 0 Å². The molecule has 0 bridgehead atoms. The van der Waals surface area contributed by atoms with E-state index in [-0.39, 0.29) is 16.1 Å². The average molecular weight is 365 g/mol. The number of hydrogen-bond acceptors (Lipinski definition) is 3. The molecule has 8 heteroatoms. The monoisotopic (exact) mass is 364 g/mol. The zero-order chi connectivity index (χ0) is 14.9. The minimum absolute atomic E-state index is 0.0577. The molecule has 1 aromatic carbocycles. The standard InChI is InChI=1S/C12H14BrFN2O3S/c13-9-6-10(14)11(20(15,18)19)5-8(9)12(17)16-7-3-1-2-4-7/h5-7H,1-4H2,(H,16,17)(H2,15,18,19). The van der Waals surface area contributed by atoms with Gasteiger partial charge in [-0.3, -0.25) is 4.79 Å². The second-order valence-corrected chi connectivity index (χ2v) is 7.15. The van der Waals surface area contributed by atoms with Crippen LogP contribution in [0.5, 0.6) is 0 Å². The van der Waals surface area contributed by atoms with Gasteiger partial charge in [0.15, 0.2) is 0 Å². The van der Waals surface area contributed by atoms with Gasteiger partial charge in [0, 0.05) is 10.5 Å². The van der Waals surface area contributed by atoms with E-state index in [9.17, 15) is 17.6 Å². The minimum atomic E-state index is -4.21. The lowest BCUT2D eigenvalue weighted by Crippen LogP contribution is -2.33. The van der Waals surface area contributed by atoms with E-state index in [0.29, 0.717) is 0 Å². The summed E-state index contributed by atoms with van der Waals surface area (Å²) >= 11 is 3.06. The summed E-state index contributed by atoms with van der Waals surface area (Å²) in [6.45, 7) is 0. The Morgan fingerprint density at radius 2 is 1.95 bits per heavy atom. The van der Waals surface area contributed by atoms with Crippen LogP contribution in [0.1, 0.15) is 36.0 Å². The SMILES string of the molecule is NS(=O)(=O)c1cc(C(=O)NC2CCCC2)c(Br)cc1F. The van der Waals surface area contributed by atoms with Crippen LogP contribution >= 0.6 is 15.9 Å². The van der Waals surface area contributed by atoms with E-state index in [0.717, 1.165) is 37.8 Å².